The minimum absolute atomic E-state index is 0.314. The first-order chi connectivity index (χ1) is 7.74. The first kappa shape index (κ1) is 12.3. The highest BCUT2D eigenvalue weighted by molar-refractivity contribution is 7.16. The second-order valence-corrected chi connectivity index (χ2v) is 5.89. The number of ether oxygens (including phenoxy) is 1. The number of morpholine rings is 1. The number of thiophene rings is 1. The van der Waals surface area contributed by atoms with Crippen molar-refractivity contribution in [3.8, 4) is 0 Å². The second-order valence-electron chi connectivity index (χ2n) is 4.09. The van der Waals surface area contributed by atoms with Crippen LogP contribution in [-0.4, -0.2) is 44.3 Å². The van der Waals surface area contributed by atoms with Gasteiger partial charge in [-0.3, -0.25) is 0 Å². The van der Waals surface area contributed by atoms with Gasteiger partial charge in [-0.1, -0.05) is 11.6 Å². The molecule has 0 bridgehead atoms. The van der Waals surface area contributed by atoms with Crippen LogP contribution < -0.4 is 5.32 Å². The molecule has 1 N–H and O–H groups in total. The number of hydrogen-bond donors (Lipinski definition) is 1. The molecule has 1 aliphatic heterocycles. The number of hydrogen-bond acceptors (Lipinski definition) is 4. The first-order valence-corrected chi connectivity index (χ1v) is 6.68. The summed E-state index contributed by atoms with van der Waals surface area (Å²) in [7, 11) is 2.13. The van der Waals surface area contributed by atoms with Gasteiger partial charge in [0.1, 0.15) is 0 Å². The van der Waals surface area contributed by atoms with Crippen molar-refractivity contribution in [3.05, 3.63) is 21.3 Å². The van der Waals surface area contributed by atoms with Crippen LogP contribution in [0.5, 0.6) is 0 Å². The molecule has 1 saturated heterocycles. The Morgan fingerprint density at radius 3 is 3.19 bits per heavy atom. The topological polar surface area (TPSA) is 24.5 Å². The van der Waals surface area contributed by atoms with Gasteiger partial charge in [-0.25, -0.2) is 0 Å². The van der Waals surface area contributed by atoms with E-state index >= 15 is 0 Å². The van der Waals surface area contributed by atoms with Crippen molar-refractivity contribution in [2.24, 2.45) is 0 Å². The zero-order valence-electron chi connectivity index (χ0n) is 9.41. The van der Waals surface area contributed by atoms with Gasteiger partial charge in [-0.2, -0.15) is 0 Å². The molecule has 1 aromatic heterocycles. The molecule has 0 aromatic carbocycles. The van der Waals surface area contributed by atoms with Crippen molar-refractivity contribution in [2.45, 2.75) is 12.6 Å². The van der Waals surface area contributed by atoms with E-state index in [1.807, 2.05) is 6.07 Å². The van der Waals surface area contributed by atoms with Gasteiger partial charge in [0.25, 0.3) is 0 Å². The van der Waals surface area contributed by atoms with Crippen LogP contribution in [0.3, 0.4) is 0 Å². The molecule has 5 heteroatoms. The van der Waals surface area contributed by atoms with Gasteiger partial charge < -0.3 is 15.0 Å². The van der Waals surface area contributed by atoms with Crippen molar-refractivity contribution < 1.29 is 4.74 Å². The monoisotopic (exact) mass is 260 g/mol. The minimum Gasteiger partial charge on any atom is -0.374 e. The molecule has 1 atom stereocenters. The zero-order chi connectivity index (χ0) is 11.4. The van der Waals surface area contributed by atoms with Gasteiger partial charge in [0.2, 0.25) is 0 Å². The summed E-state index contributed by atoms with van der Waals surface area (Å²) in [6, 6.07) is 4.00. The number of halogens is 1. The van der Waals surface area contributed by atoms with Gasteiger partial charge in [-0.05, 0) is 19.2 Å². The lowest BCUT2D eigenvalue weighted by Gasteiger charge is -2.30. The molecule has 1 aliphatic rings. The molecule has 0 amide bonds. The molecular formula is C11H17ClN2OS. The van der Waals surface area contributed by atoms with E-state index in [1.165, 1.54) is 4.88 Å². The SMILES string of the molecule is CN1CCO[C@@H](CNCc2ccc(Cl)s2)C1. The summed E-state index contributed by atoms with van der Waals surface area (Å²) < 4.78 is 6.52. The Balaban J connectivity index is 1.67. The molecule has 2 heterocycles. The summed E-state index contributed by atoms with van der Waals surface area (Å²) in [6.45, 7) is 4.67. The molecule has 0 saturated carbocycles. The van der Waals surface area contributed by atoms with Crippen molar-refractivity contribution in [2.75, 3.05) is 33.3 Å². The number of rotatable bonds is 4. The number of likely N-dealkylation sites (N-methyl/N-ethyl adjacent to an activating group) is 1. The number of nitrogens with zero attached hydrogens (tertiary/aromatic N) is 1. The third-order valence-corrected chi connectivity index (χ3v) is 3.87. The maximum absolute atomic E-state index is 5.87. The van der Waals surface area contributed by atoms with Gasteiger partial charge in [0.15, 0.2) is 0 Å². The zero-order valence-corrected chi connectivity index (χ0v) is 11.0. The molecule has 0 aliphatic carbocycles. The van der Waals surface area contributed by atoms with Crippen LogP contribution in [0.1, 0.15) is 4.88 Å². The lowest BCUT2D eigenvalue weighted by Crippen LogP contribution is -2.44. The fourth-order valence-corrected chi connectivity index (χ4v) is 2.85. The summed E-state index contributed by atoms with van der Waals surface area (Å²) in [5.41, 5.74) is 0. The molecule has 1 aromatic rings. The number of nitrogens with one attached hydrogen (secondary N) is 1. The molecule has 0 unspecified atom stereocenters. The molecule has 1 fully saturated rings. The van der Waals surface area contributed by atoms with Crippen LogP contribution in [0.4, 0.5) is 0 Å². The van der Waals surface area contributed by atoms with Crippen LogP contribution >= 0.6 is 22.9 Å². The average Bonchev–Trinajstić information content (AvgIpc) is 2.64. The van der Waals surface area contributed by atoms with Gasteiger partial charge >= 0.3 is 0 Å². The maximum Gasteiger partial charge on any atom is 0.0931 e. The molecule has 90 valence electrons. The van der Waals surface area contributed by atoms with Gasteiger partial charge in [0.05, 0.1) is 17.0 Å². The average molecular weight is 261 g/mol. The normalized spacial score (nSPS) is 22.5. The summed E-state index contributed by atoms with van der Waals surface area (Å²) in [5, 5.41) is 3.41. The predicted octanol–water partition coefficient (Wildman–Crippen LogP) is 1.82. The van der Waals surface area contributed by atoms with Gasteiger partial charge in [0, 0.05) is 31.1 Å². The molecule has 2 rings (SSSR count). The Hall–Kier alpha value is -0.130. The Kier molecular flexibility index (Phi) is 4.61. The summed E-state index contributed by atoms with van der Waals surface area (Å²) >= 11 is 7.49. The first-order valence-electron chi connectivity index (χ1n) is 5.49. The Labute approximate surface area is 105 Å². The largest absolute Gasteiger partial charge is 0.374 e. The van der Waals surface area contributed by atoms with E-state index in [1.54, 1.807) is 11.3 Å². The van der Waals surface area contributed by atoms with Crippen LogP contribution in [0, 0.1) is 0 Å². The Bertz CT molecular complexity index is 332. The van der Waals surface area contributed by atoms with Crippen molar-refractivity contribution in [1.29, 1.82) is 0 Å². The smallest absolute Gasteiger partial charge is 0.0931 e. The highest BCUT2D eigenvalue weighted by Crippen LogP contribution is 2.20. The highest BCUT2D eigenvalue weighted by Gasteiger charge is 2.16. The highest BCUT2D eigenvalue weighted by atomic mass is 35.5. The Morgan fingerprint density at radius 2 is 2.50 bits per heavy atom. The van der Waals surface area contributed by atoms with Crippen molar-refractivity contribution in [1.82, 2.24) is 10.2 Å². The van der Waals surface area contributed by atoms with E-state index in [0.717, 1.165) is 37.1 Å². The van der Waals surface area contributed by atoms with E-state index in [0.29, 0.717) is 6.10 Å². The Morgan fingerprint density at radius 1 is 1.62 bits per heavy atom. The molecule has 0 spiro atoms. The van der Waals surface area contributed by atoms with E-state index in [2.05, 4.69) is 23.3 Å². The van der Waals surface area contributed by atoms with E-state index in [4.69, 9.17) is 16.3 Å². The van der Waals surface area contributed by atoms with Crippen LogP contribution in [0.2, 0.25) is 4.34 Å². The second kappa shape index (κ2) is 5.98. The summed E-state index contributed by atoms with van der Waals surface area (Å²) in [4.78, 5) is 3.58. The lowest BCUT2D eigenvalue weighted by atomic mass is 10.3. The molecule has 0 radical (unpaired) electrons. The van der Waals surface area contributed by atoms with E-state index in [-0.39, 0.29) is 0 Å². The molecule has 16 heavy (non-hydrogen) atoms. The van der Waals surface area contributed by atoms with E-state index < -0.39 is 0 Å². The maximum atomic E-state index is 5.87. The van der Waals surface area contributed by atoms with Crippen molar-refractivity contribution in [3.63, 3.8) is 0 Å². The molecular weight excluding hydrogens is 244 g/mol. The summed E-state index contributed by atoms with van der Waals surface area (Å²) in [6.07, 6.45) is 0.314. The lowest BCUT2D eigenvalue weighted by molar-refractivity contribution is -0.0181. The summed E-state index contributed by atoms with van der Waals surface area (Å²) in [5.74, 6) is 0. The fraction of sp³-hybridized carbons (Fsp3) is 0.636. The quantitative estimate of drug-likeness (QED) is 0.894. The van der Waals surface area contributed by atoms with Crippen LogP contribution in [0.15, 0.2) is 12.1 Å². The van der Waals surface area contributed by atoms with Crippen molar-refractivity contribution >= 4 is 22.9 Å². The minimum atomic E-state index is 0.314. The van der Waals surface area contributed by atoms with E-state index in [9.17, 15) is 0 Å². The van der Waals surface area contributed by atoms with Crippen LogP contribution in [-0.2, 0) is 11.3 Å². The standard InChI is InChI=1S/C11H17ClN2OS/c1-14-4-5-15-9(8-14)6-13-7-10-2-3-11(12)16-10/h2-3,9,13H,4-8H2,1H3/t9-/m0/s1. The fourth-order valence-electron chi connectivity index (χ4n) is 1.79. The third kappa shape index (κ3) is 3.71. The molecule has 3 nitrogen and oxygen atoms in total. The van der Waals surface area contributed by atoms with Crippen LogP contribution in [0.25, 0.3) is 0 Å². The van der Waals surface area contributed by atoms with Gasteiger partial charge in [-0.15, -0.1) is 11.3 Å². The predicted molar refractivity (Wildman–Crippen MR) is 68.3 cm³/mol. The third-order valence-electron chi connectivity index (χ3n) is 2.64.